The molecule has 0 saturated carbocycles. The monoisotopic (exact) mass is 254 g/mol. The van der Waals surface area contributed by atoms with Crippen molar-refractivity contribution >= 4 is 17.8 Å². The summed E-state index contributed by atoms with van der Waals surface area (Å²) < 4.78 is 15.5. The number of amidine groups is 1. The summed E-state index contributed by atoms with van der Waals surface area (Å²) in [5.74, 6) is 0.122. The summed E-state index contributed by atoms with van der Waals surface area (Å²) in [7, 11) is 2.94. The fourth-order valence-corrected chi connectivity index (χ4v) is 2.26. The Morgan fingerprint density at radius 2 is 2.06 bits per heavy atom. The number of ether oxygens (including phenoxy) is 3. The summed E-state index contributed by atoms with van der Waals surface area (Å²) in [5, 5.41) is 0. The third-order valence-electron chi connectivity index (χ3n) is 3.47. The average molecular weight is 254 g/mol. The Bertz CT molecular complexity index is 412. The molecule has 100 valence electrons. The standard InChI is InChI=1S/C12H18N2O4/c1-7(2)12(5-8-6-18-8)9(15)13-11(17-4)14-10(12)16-3/h7-8H,5-6H2,1-4H3. The van der Waals surface area contributed by atoms with Crippen molar-refractivity contribution in [2.45, 2.75) is 26.4 Å². The summed E-state index contributed by atoms with van der Waals surface area (Å²) in [4.78, 5) is 20.4. The number of carbonyl (C=O) groups is 1. The van der Waals surface area contributed by atoms with Crippen LogP contribution in [0.5, 0.6) is 0 Å². The highest BCUT2D eigenvalue weighted by Gasteiger charge is 2.53. The van der Waals surface area contributed by atoms with E-state index in [1.54, 1.807) is 0 Å². The van der Waals surface area contributed by atoms with Gasteiger partial charge in [-0.3, -0.25) is 4.79 Å². The predicted octanol–water partition coefficient (Wildman–Crippen LogP) is 1.01. The van der Waals surface area contributed by atoms with Gasteiger partial charge >= 0.3 is 6.02 Å². The van der Waals surface area contributed by atoms with Gasteiger partial charge in [0, 0.05) is 0 Å². The normalized spacial score (nSPS) is 30.9. The van der Waals surface area contributed by atoms with E-state index >= 15 is 0 Å². The van der Waals surface area contributed by atoms with E-state index in [4.69, 9.17) is 14.2 Å². The van der Waals surface area contributed by atoms with E-state index in [1.807, 2.05) is 13.8 Å². The van der Waals surface area contributed by atoms with Crippen molar-refractivity contribution < 1.29 is 19.0 Å². The molecule has 2 atom stereocenters. The SMILES string of the molecule is COC1=NC(=O)C(CC2CO2)(C(C)C)C(OC)=N1. The van der Waals surface area contributed by atoms with E-state index in [-0.39, 0.29) is 24.0 Å². The lowest BCUT2D eigenvalue weighted by Gasteiger charge is -2.35. The maximum Gasteiger partial charge on any atom is 0.322 e. The van der Waals surface area contributed by atoms with Crippen LogP contribution in [-0.4, -0.2) is 44.8 Å². The van der Waals surface area contributed by atoms with Gasteiger partial charge in [-0.2, -0.15) is 9.98 Å². The highest BCUT2D eigenvalue weighted by Crippen LogP contribution is 2.41. The fourth-order valence-electron chi connectivity index (χ4n) is 2.26. The first-order chi connectivity index (χ1) is 8.54. The van der Waals surface area contributed by atoms with Crippen molar-refractivity contribution in [3.8, 4) is 0 Å². The quantitative estimate of drug-likeness (QED) is 0.704. The third-order valence-corrected chi connectivity index (χ3v) is 3.47. The van der Waals surface area contributed by atoms with Crippen LogP contribution < -0.4 is 0 Å². The highest BCUT2D eigenvalue weighted by molar-refractivity contribution is 6.15. The molecular weight excluding hydrogens is 236 g/mol. The molecule has 0 spiro atoms. The van der Waals surface area contributed by atoms with Crippen molar-refractivity contribution in [2.24, 2.45) is 21.3 Å². The molecule has 2 aliphatic heterocycles. The van der Waals surface area contributed by atoms with E-state index in [2.05, 4.69) is 9.98 Å². The van der Waals surface area contributed by atoms with Crippen molar-refractivity contribution in [3.63, 3.8) is 0 Å². The number of aliphatic imine (C=N–C) groups is 2. The van der Waals surface area contributed by atoms with Crippen LogP contribution in [0.2, 0.25) is 0 Å². The Morgan fingerprint density at radius 1 is 1.39 bits per heavy atom. The van der Waals surface area contributed by atoms with Gasteiger partial charge in [0.2, 0.25) is 5.90 Å². The summed E-state index contributed by atoms with van der Waals surface area (Å²) in [5.41, 5.74) is -0.835. The molecule has 1 saturated heterocycles. The number of hydrogen-bond donors (Lipinski definition) is 0. The molecule has 6 nitrogen and oxygen atoms in total. The first-order valence-electron chi connectivity index (χ1n) is 5.96. The van der Waals surface area contributed by atoms with Crippen molar-refractivity contribution in [1.82, 2.24) is 0 Å². The second kappa shape index (κ2) is 4.68. The van der Waals surface area contributed by atoms with E-state index < -0.39 is 5.41 Å². The zero-order valence-electron chi connectivity index (χ0n) is 11.1. The van der Waals surface area contributed by atoms with Crippen LogP contribution in [0.15, 0.2) is 9.98 Å². The number of nitrogens with zero attached hydrogens (tertiary/aromatic N) is 2. The Balaban J connectivity index is 2.40. The summed E-state index contributed by atoms with van der Waals surface area (Å²) in [6.07, 6.45) is 0.646. The van der Waals surface area contributed by atoms with E-state index in [0.717, 1.165) is 0 Å². The van der Waals surface area contributed by atoms with Gasteiger partial charge in [0.05, 0.1) is 26.9 Å². The van der Waals surface area contributed by atoms with Gasteiger partial charge in [0.25, 0.3) is 5.91 Å². The van der Waals surface area contributed by atoms with Gasteiger partial charge in [-0.1, -0.05) is 13.8 Å². The second-order valence-electron chi connectivity index (χ2n) is 4.81. The molecule has 2 heterocycles. The van der Waals surface area contributed by atoms with Crippen LogP contribution in [-0.2, 0) is 19.0 Å². The van der Waals surface area contributed by atoms with Crippen molar-refractivity contribution in [3.05, 3.63) is 0 Å². The Morgan fingerprint density at radius 3 is 2.50 bits per heavy atom. The molecule has 2 unspecified atom stereocenters. The lowest BCUT2D eigenvalue weighted by Crippen LogP contribution is -2.48. The van der Waals surface area contributed by atoms with Gasteiger partial charge in [-0.25, -0.2) is 0 Å². The van der Waals surface area contributed by atoms with Gasteiger partial charge in [-0.05, 0) is 12.3 Å². The molecule has 18 heavy (non-hydrogen) atoms. The molecule has 0 aromatic heterocycles. The smallest absolute Gasteiger partial charge is 0.322 e. The topological polar surface area (TPSA) is 72.8 Å². The molecule has 1 fully saturated rings. The van der Waals surface area contributed by atoms with Crippen LogP contribution in [0.25, 0.3) is 0 Å². The molecule has 0 bridgehead atoms. The summed E-state index contributed by atoms with van der Waals surface area (Å²) in [6, 6.07) is 0.0461. The van der Waals surface area contributed by atoms with Crippen LogP contribution in [0.3, 0.4) is 0 Å². The summed E-state index contributed by atoms with van der Waals surface area (Å²) >= 11 is 0. The van der Waals surface area contributed by atoms with Crippen LogP contribution >= 0.6 is 0 Å². The number of rotatable bonds is 3. The Labute approximate surface area is 106 Å². The second-order valence-corrected chi connectivity index (χ2v) is 4.81. The number of carbonyl (C=O) groups excluding carboxylic acids is 1. The van der Waals surface area contributed by atoms with Crippen molar-refractivity contribution in [2.75, 3.05) is 20.8 Å². The van der Waals surface area contributed by atoms with E-state index in [9.17, 15) is 4.79 Å². The Kier molecular flexibility index (Phi) is 3.38. The van der Waals surface area contributed by atoms with Crippen molar-refractivity contribution in [1.29, 1.82) is 0 Å². The van der Waals surface area contributed by atoms with Crippen LogP contribution in [0.1, 0.15) is 20.3 Å². The maximum atomic E-state index is 12.4. The molecule has 1 amide bonds. The first kappa shape index (κ1) is 13.0. The minimum Gasteiger partial charge on any atom is -0.483 e. The zero-order valence-corrected chi connectivity index (χ0v) is 11.1. The maximum absolute atomic E-state index is 12.4. The molecule has 0 N–H and O–H groups in total. The summed E-state index contributed by atoms with van der Waals surface area (Å²) in [6.45, 7) is 4.60. The highest BCUT2D eigenvalue weighted by atomic mass is 16.6. The van der Waals surface area contributed by atoms with Crippen LogP contribution in [0.4, 0.5) is 0 Å². The molecule has 0 radical (unpaired) electrons. The zero-order chi connectivity index (χ0) is 13.3. The lowest BCUT2D eigenvalue weighted by atomic mass is 9.72. The average Bonchev–Trinajstić information content (AvgIpc) is 3.14. The van der Waals surface area contributed by atoms with Gasteiger partial charge in [0.15, 0.2) is 0 Å². The third kappa shape index (κ3) is 2.01. The van der Waals surface area contributed by atoms with Gasteiger partial charge in [0.1, 0.15) is 5.41 Å². The van der Waals surface area contributed by atoms with Gasteiger partial charge in [-0.15, -0.1) is 0 Å². The number of epoxide rings is 1. The number of amides is 1. The van der Waals surface area contributed by atoms with E-state index in [1.165, 1.54) is 14.2 Å². The molecule has 0 aromatic rings. The molecule has 2 rings (SSSR count). The largest absolute Gasteiger partial charge is 0.483 e. The minimum absolute atomic E-state index is 0.0232. The van der Waals surface area contributed by atoms with Gasteiger partial charge < -0.3 is 14.2 Å². The molecular formula is C12H18N2O4. The predicted molar refractivity (Wildman–Crippen MR) is 65.5 cm³/mol. The lowest BCUT2D eigenvalue weighted by molar-refractivity contribution is -0.127. The van der Waals surface area contributed by atoms with Crippen LogP contribution in [0, 0.1) is 11.3 Å². The number of methoxy groups -OCH3 is 2. The molecule has 2 aliphatic rings. The molecule has 0 aromatic carbocycles. The Hall–Kier alpha value is -1.43. The number of hydrogen-bond acceptors (Lipinski definition) is 5. The first-order valence-corrected chi connectivity index (χ1v) is 5.96. The molecule has 0 aliphatic carbocycles. The minimum atomic E-state index is -0.835. The molecule has 6 heteroatoms. The fraction of sp³-hybridized carbons (Fsp3) is 0.750. The van der Waals surface area contributed by atoms with E-state index in [0.29, 0.717) is 18.9 Å².